The predicted octanol–water partition coefficient (Wildman–Crippen LogP) is 2.88. The molecule has 8 heteroatoms. The number of amides is 1. The minimum absolute atomic E-state index is 0.0929. The topological polar surface area (TPSA) is 96.1 Å². The van der Waals surface area contributed by atoms with E-state index in [0.717, 1.165) is 5.69 Å². The van der Waals surface area contributed by atoms with Crippen molar-refractivity contribution in [1.29, 1.82) is 0 Å². The Morgan fingerprint density at radius 3 is 2.86 bits per heavy atom. The first-order chi connectivity index (χ1) is 10.3. The number of rotatable bonds is 3. The molecule has 1 aromatic rings. The van der Waals surface area contributed by atoms with Gasteiger partial charge in [-0.3, -0.25) is 4.68 Å². The van der Waals surface area contributed by atoms with E-state index in [-0.39, 0.29) is 18.2 Å². The number of ether oxygens (including phenoxy) is 1. The van der Waals surface area contributed by atoms with Gasteiger partial charge in [0.2, 0.25) is 0 Å². The third-order valence-electron chi connectivity index (χ3n) is 3.41. The highest BCUT2D eigenvalue weighted by molar-refractivity contribution is 5.69. The second-order valence-corrected chi connectivity index (χ2v) is 6.56. The van der Waals surface area contributed by atoms with Crippen molar-refractivity contribution < 1.29 is 9.53 Å². The lowest BCUT2D eigenvalue weighted by Crippen LogP contribution is -2.41. The van der Waals surface area contributed by atoms with E-state index in [2.05, 4.69) is 15.1 Å². The smallest absolute Gasteiger partial charge is 0.410 e. The molecule has 0 N–H and O–H groups in total. The third-order valence-corrected chi connectivity index (χ3v) is 3.41. The van der Waals surface area contributed by atoms with Gasteiger partial charge in [-0.2, -0.15) is 5.10 Å². The molecule has 0 saturated carbocycles. The molecule has 8 nitrogen and oxygen atoms in total. The Labute approximate surface area is 129 Å². The van der Waals surface area contributed by atoms with Gasteiger partial charge in [0.1, 0.15) is 5.60 Å². The molecule has 120 valence electrons. The van der Waals surface area contributed by atoms with Gasteiger partial charge in [0.05, 0.1) is 24.3 Å². The average Bonchev–Trinajstić information content (AvgIpc) is 2.95. The summed E-state index contributed by atoms with van der Waals surface area (Å²) in [7, 11) is 0. The van der Waals surface area contributed by atoms with Crippen LogP contribution in [0.15, 0.2) is 17.4 Å². The number of nitrogens with zero attached hydrogens (tertiary/aromatic N) is 6. The zero-order chi connectivity index (χ0) is 16.3. The molecule has 1 aliphatic rings. The number of likely N-dealkylation sites (tertiary alicyclic amines) is 1. The van der Waals surface area contributed by atoms with Gasteiger partial charge in [0, 0.05) is 17.7 Å². The lowest BCUT2D eigenvalue weighted by Gasteiger charge is -2.28. The molecule has 1 amide bonds. The lowest BCUT2D eigenvalue weighted by molar-refractivity contribution is 0.0210. The van der Waals surface area contributed by atoms with E-state index in [4.69, 9.17) is 10.3 Å². The first kappa shape index (κ1) is 16.2. The van der Waals surface area contributed by atoms with E-state index in [9.17, 15) is 4.79 Å². The summed E-state index contributed by atoms with van der Waals surface area (Å²) in [5.41, 5.74) is 8.99. The van der Waals surface area contributed by atoms with E-state index in [0.29, 0.717) is 19.5 Å². The van der Waals surface area contributed by atoms with Gasteiger partial charge in [-0.05, 0) is 45.7 Å². The quantitative estimate of drug-likeness (QED) is 0.488. The van der Waals surface area contributed by atoms with Crippen LogP contribution in [-0.4, -0.2) is 45.0 Å². The van der Waals surface area contributed by atoms with E-state index >= 15 is 0 Å². The van der Waals surface area contributed by atoms with Crippen LogP contribution in [0, 0.1) is 6.92 Å². The Morgan fingerprint density at radius 2 is 2.32 bits per heavy atom. The minimum atomic E-state index is -0.555. The largest absolute Gasteiger partial charge is 0.444 e. The molecule has 0 bridgehead atoms. The second-order valence-electron chi connectivity index (χ2n) is 6.56. The maximum absolute atomic E-state index is 12.4. The van der Waals surface area contributed by atoms with Gasteiger partial charge in [0.15, 0.2) is 0 Å². The van der Waals surface area contributed by atoms with Crippen LogP contribution >= 0.6 is 0 Å². The van der Waals surface area contributed by atoms with Crippen molar-refractivity contribution in [3.63, 3.8) is 0 Å². The number of hydrogen-bond acceptors (Lipinski definition) is 4. The van der Waals surface area contributed by atoms with E-state index in [1.807, 2.05) is 40.0 Å². The number of aryl methyl sites for hydroxylation is 1. The molecule has 2 heterocycles. The van der Waals surface area contributed by atoms with Crippen molar-refractivity contribution in [1.82, 2.24) is 14.7 Å². The van der Waals surface area contributed by atoms with Crippen LogP contribution in [0.1, 0.15) is 32.9 Å². The molecule has 1 aliphatic heterocycles. The molecule has 0 spiro atoms. The fourth-order valence-electron chi connectivity index (χ4n) is 2.55. The van der Waals surface area contributed by atoms with Crippen LogP contribution in [-0.2, 0) is 11.3 Å². The summed E-state index contributed by atoms with van der Waals surface area (Å²) >= 11 is 0. The van der Waals surface area contributed by atoms with Gasteiger partial charge in [-0.1, -0.05) is 5.11 Å². The highest BCUT2D eigenvalue weighted by Crippen LogP contribution is 2.24. The Hall–Kier alpha value is -2.21. The van der Waals surface area contributed by atoms with Gasteiger partial charge < -0.3 is 9.64 Å². The maximum atomic E-state index is 12.4. The fourth-order valence-corrected chi connectivity index (χ4v) is 2.55. The fraction of sp³-hybridized carbons (Fsp3) is 0.714. The highest BCUT2D eigenvalue weighted by atomic mass is 16.6. The van der Waals surface area contributed by atoms with Crippen molar-refractivity contribution >= 4 is 6.09 Å². The van der Waals surface area contributed by atoms with E-state index in [1.165, 1.54) is 0 Å². The predicted molar refractivity (Wildman–Crippen MR) is 81.2 cm³/mol. The molecule has 1 aromatic heterocycles. The molecule has 22 heavy (non-hydrogen) atoms. The Balaban J connectivity index is 2.12. The van der Waals surface area contributed by atoms with Crippen LogP contribution in [0.2, 0.25) is 0 Å². The highest BCUT2D eigenvalue weighted by Gasteiger charge is 2.37. The number of azide groups is 1. The first-order valence-corrected chi connectivity index (χ1v) is 7.32. The summed E-state index contributed by atoms with van der Waals surface area (Å²) in [6.45, 7) is 8.35. The molecular formula is C14H22N6O2. The number of carbonyl (C=O) groups excluding carboxylic acids is 1. The number of carbonyl (C=O) groups is 1. The summed E-state index contributed by atoms with van der Waals surface area (Å²) in [5.74, 6) is 0. The number of aromatic nitrogens is 2. The van der Waals surface area contributed by atoms with Crippen LogP contribution in [0.3, 0.4) is 0 Å². The molecule has 2 atom stereocenters. The van der Waals surface area contributed by atoms with Crippen LogP contribution in [0.25, 0.3) is 10.4 Å². The van der Waals surface area contributed by atoms with Gasteiger partial charge in [0.25, 0.3) is 0 Å². The summed E-state index contributed by atoms with van der Waals surface area (Å²) in [5, 5.41) is 8.10. The monoisotopic (exact) mass is 306 g/mol. The van der Waals surface area contributed by atoms with Gasteiger partial charge >= 0.3 is 6.09 Å². The zero-order valence-corrected chi connectivity index (χ0v) is 13.4. The molecule has 0 radical (unpaired) electrons. The van der Waals surface area contributed by atoms with Crippen LogP contribution in [0.4, 0.5) is 4.79 Å². The summed E-state index contributed by atoms with van der Waals surface area (Å²) < 4.78 is 7.25. The summed E-state index contributed by atoms with van der Waals surface area (Å²) in [6.07, 6.45) is 2.11. The molecule has 2 rings (SSSR count). The van der Waals surface area contributed by atoms with E-state index in [1.54, 1.807) is 9.58 Å². The normalized spacial score (nSPS) is 21.5. The molecule has 1 saturated heterocycles. The SMILES string of the molecule is Cc1ccn(C[C@H]2CC(N=[N+]=[N-])CN2C(=O)OC(C)(C)C)n1. The summed E-state index contributed by atoms with van der Waals surface area (Å²) in [4.78, 5) is 16.9. The maximum Gasteiger partial charge on any atom is 0.410 e. The van der Waals surface area contributed by atoms with Gasteiger partial charge in [-0.15, -0.1) is 0 Å². The van der Waals surface area contributed by atoms with Crippen molar-refractivity contribution in [2.75, 3.05) is 6.54 Å². The Kier molecular flexibility index (Phi) is 4.61. The van der Waals surface area contributed by atoms with Crippen molar-refractivity contribution in [2.24, 2.45) is 5.11 Å². The first-order valence-electron chi connectivity index (χ1n) is 7.32. The molecule has 1 fully saturated rings. The second kappa shape index (κ2) is 6.27. The Bertz CT molecular complexity index is 584. The van der Waals surface area contributed by atoms with E-state index < -0.39 is 5.60 Å². The summed E-state index contributed by atoms with van der Waals surface area (Å²) in [6, 6.07) is 1.60. The van der Waals surface area contributed by atoms with Crippen LogP contribution < -0.4 is 0 Å². The van der Waals surface area contributed by atoms with Crippen molar-refractivity contribution in [3.05, 3.63) is 28.4 Å². The minimum Gasteiger partial charge on any atom is -0.444 e. The zero-order valence-electron chi connectivity index (χ0n) is 13.4. The average molecular weight is 306 g/mol. The molecule has 0 aliphatic carbocycles. The molecule has 1 unspecified atom stereocenters. The Morgan fingerprint density at radius 1 is 1.59 bits per heavy atom. The lowest BCUT2D eigenvalue weighted by atomic mass is 10.2. The third kappa shape index (κ3) is 4.14. The van der Waals surface area contributed by atoms with Crippen molar-refractivity contribution in [2.45, 2.75) is 58.3 Å². The van der Waals surface area contributed by atoms with Crippen molar-refractivity contribution in [3.8, 4) is 0 Å². The molecule has 0 aromatic carbocycles. The standard InChI is InChI=1S/C14H22N6O2/c1-10-5-6-19(17-10)9-12-7-11(16-18-15)8-20(12)13(21)22-14(2,3)4/h5-6,11-12H,7-9H2,1-4H3/t11?,12-/m1/s1. The molecular weight excluding hydrogens is 284 g/mol. The van der Waals surface area contributed by atoms with Crippen LogP contribution in [0.5, 0.6) is 0 Å². The van der Waals surface area contributed by atoms with Gasteiger partial charge in [-0.25, -0.2) is 4.79 Å². The number of hydrogen-bond donors (Lipinski definition) is 0.